The predicted molar refractivity (Wildman–Crippen MR) is 72.5 cm³/mol. The normalized spacial score (nSPS) is 10.1. The number of carbonyl (C=O) groups excluding carboxylic acids is 1. The minimum absolute atomic E-state index is 0.229. The highest BCUT2D eigenvalue weighted by Gasteiger charge is 2.09. The first kappa shape index (κ1) is 15.3. The van der Waals surface area contributed by atoms with Crippen LogP contribution in [0.2, 0.25) is 0 Å². The summed E-state index contributed by atoms with van der Waals surface area (Å²) in [6.45, 7) is 3.30. The second-order valence-electron chi connectivity index (χ2n) is 3.96. The van der Waals surface area contributed by atoms with Gasteiger partial charge in [-0.1, -0.05) is 6.07 Å². The Morgan fingerprint density at radius 2 is 2.11 bits per heavy atom. The molecule has 0 fully saturated rings. The van der Waals surface area contributed by atoms with Crippen LogP contribution in [0.25, 0.3) is 0 Å². The summed E-state index contributed by atoms with van der Waals surface area (Å²) in [7, 11) is 1.57. The number of methoxy groups -OCH3 is 1. The summed E-state index contributed by atoms with van der Waals surface area (Å²) in [5, 5.41) is 0. The molecule has 19 heavy (non-hydrogen) atoms. The zero-order chi connectivity index (χ0) is 14.1. The number of esters is 1. The van der Waals surface area contributed by atoms with E-state index in [1.807, 2.05) is 6.07 Å². The Balaban J connectivity index is 2.69. The standard InChI is InChI=1S/C14H21NO4/c1-3-18-14(16)10-11-5-6-12(13(9-11)17-2)19-8-4-7-15/h5-6,9H,3-4,7-8,10,15H2,1-2H3. The maximum absolute atomic E-state index is 11.4. The molecule has 0 spiro atoms. The number of carbonyl (C=O) groups is 1. The van der Waals surface area contributed by atoms with Gasteiger partial charge in [-0.15, -0.1) is 0 Å². The average molecular weight is 267 g/mol. The number of nitrogens with two attached hydrogens (primary N) is 1. The van der Waals surface area contributed by atoms with Crippen molar-refractivity contribution in [1.82, 2.24) is 0 Å². The van der Waals surface area contributed by atoms with Crippen LogP contribution in [0.1, 0.15) is 18.9 Å². The second-order valence-corrected chi connectivity index (χ2v) is 3.96. The van der Waals surface area contributed by atoms with Crippen molar-refractivity contribution < 1.29 is 19.0 Å². The fourth-order valence-electron chi connectivity index (χ4n) is 1.59. The number of ether oxygens (including phenoxy) is 3. The molecule has 0 saturated heterocycles. The van der Waals surface area contributed by atoms with E-state index in [1.165, 1.54) is 0 Å². The number of benzene rings is 1. The smallest absolute Gasteiger partial charge is 0.310 e. The lowest BCUT2D eigenvalue weighted by atomic mass is 10.1. The fourth-order valence-corrected chi connectivity index (χ4v) is 1.59. The molecule has 5 heteroatoms. The van der Waals surface area contributed by atoms with Gasteiger partial charge in [0.25, 0.3) is 0 Å². The van der Waals surface area contributed by atoms with Crippen molar-refractivity contribution in [2.75, 3.05) is 26.9 Å². The molecule has 0 aromatic heterocycles. The molecule has 0 aliphatic rings. The molecule has 2 N–H and O–H groups in total. The molecule has 1 aromatic rings. The molecule has 0 aliphatic heterocycles. The number of hydrogen-bond donors (Lipinski definition) is 1. The maximum atomic E-state index is 11.4. The molecule has 5 nitrogen and oxygen atoms in total. The van der Waals surface area contributed by atoms with Gasteiger partial charge in [-0.2, -0.15) is 0 Å². The Bertz CT molecular complexity index is 406. The summed E-state index contributed by atoms with van der Waals surface area (Å²) in [4.78, 5) is 11.4. The van der Waals surface area contributed by atoms with Crippen LogP contribution in [-0.4, -0.2) is 32.8 Å². The minimum Gasteiger partial charge on any atom is -0.493 e. The van der Waals surface area contributed by atoms with Crippen LogP contribution in [0.3, 0.4) is 0 Å². The van der Waals surface area contributed by atoms with Gasteiger partial charge >= 0.3 is 5.97 Å². The SMILES string of the molecule is CCOC(=O)Cc1ccc(OCCCN)c(OC)c1. The van der Waals surface area contributed by atoms with Gasteiger partial charge in [0, 0.05) is 0 Å². The van der Waals surface area contributed by atoms with E-state index < -0.39 is 0 Å². The van der Waals surface area contributed by atoms with E-state index in [1.54, 1.807) is 26.2 Å². The van der Waals surface area contributed by atoms with Crippen LogP contribution in [0, 0.1) is 0 Å². The van der Waals surface area contributed by atoms with Gasteiger partial charge in [0.1, 0.15) is 0 Å². The van der Waals surface area contributed by atoms with Crippen molar-refractivity contribution in [3.8, 4) is 11.5 Å². The van der Waals surface area contributed by atoms with E-state index in [0.29, 0.717) is 31.3 Å². The summed E-state index contributed by atoms with van der Waals surface area (Å²) in [5.41, 5.74) is 6.24. The van der Waals surface area contributed by atoms with Gasteiger partial charge in [-0.3, -0.25) is 4.79 Å². The molecular formula is C14H21NO4. The van der Waals surface area contributed by atoms with Gasteiger partial charge in [0.2, 0.25) is 0 Å². The zero-order valence-electron chi connectivity index (χ0n) is 11.5. The molecular weight excluding hydrogens is 246 g/mol. The lowest BCUT2D eigenvalue weighted by molar-refractivity contribution is -0.142. The van der Waals surface area contributed by atoms with Crippen LogP contribution >= 0.6 is 0 Å². The van der Waals surface area contributed by atoms with Crippen LogP contribution in [0.4, 0.5) is 0 Å². The monoisotopic (exact) mass is 267 g/mol. The first-order chi connectivity index (χ1) is 9.21. The number of hydrogen-bond acceptors (Lipinski definition) is 5. The van der Waals surface area contributed by atoms with E-state index in [0.717, 1.165) is 12.0 Å². The van der Waals surface area contributed by atoms with E-state index in [4.69, 9.17) is 19.9 Å². The number of rotatable bonds is 8. The predicted octanol–water partition coefficient (Wildman–Crippen LogP) is 1.53. The summed E-state index contributed by atoms with van der Waals surface area (Å²) in [5.74, 6) is 1.02. The highest BCUT2D eigenvalue weighted by molar-refractivity contribution is 5.72. The molecule has 0 atom stereocenters. The van der Waals surface area contributed by atoms with E-state index in [9.17, 15) is 4.79 Å². The van der Waals surface area contributed by atoms with Gasteiger partial charge in [-0.25, -0.2) is 0 Å². The molecule has 0 radical (unpaired) electrons. The van der Waals surface area contributed by atoms with Gasteiger partial charge < -0.3 is 19.9 Å². The third kappa shape index (κ3) is 5.18. The molecule has 0 unspecified atom stereocenters. The van der Waals surface area contributed by atoms with E-state index >= 15 is 0 Å². The van der Waals surface area contributed by atoms with Crippen LogP contribution in [0.5, 0.6) is 11.5 Å². The third-order valence-electron chi connectivity index (χ3n) is 2.49. The van der Waals surface area contributed by atoms with Crippen LogP contribution in [-0.2, 0) is 16.0 Å². The van der Waals surface area contributed by atoms with Crippen molar-refractivity contribution in [3.63, 3.8) is 0 Å². The van der Waals surface area contributed by atoms with Crippen molar-refractivity contribution in [2.45, 2.75) is 19.8 Å². The Morgan fingerprint density at radius 1 is 1.32 bits per heavy atom. The molecule has 0 heterocycles. The molecule has 0 amide bonds. The van der Waals surface area contributed by atoms with Crippen LogP contribution in [0.15, 0.2) is 18.2 Å². The maximum Gasteiger partial charge on any atom is 0.310 e. The topological polar surface area (TPSA) is 70.8 Å². The first-order valence-corrected chi connectivity index (χ1v) is 6.36. The fraction of sp³-hybridized carbons (Fsp3) is 0.500. The molecule has 0 aliphatic carbocycles. The summed E-state index contributed by atoms with van der Waals surface area (Å²) < 4.78 is 15.7. The molecule has 106 valence electrons. The lowest BCUT2D eigenvalue weighted by Crippen LogP contribution is -2.08. The van der Waals surface area contributed by atoms with Crippen molar-refractivity contribution in [1.29, 1.82) is 0 Å². The second kappa shape index (κ2) is 8.37. The first-order valence-electron chi connectivity index (χ1n) is 6.36. The van der Waals surface area contributed by atoms with Crippen LogP contribution < -0.4 is 15.2 Å². The Labute approximate surface area is 113 Å². The Morgan fingerprint density at radius 3 is 2.74 bits per heavy atom. The molecule has 0 saturated carbocycles. The zero-order valence-corrected chi connectivity index (χ0v) is 11.5. The summed E-state index contributed by atoms with van der Waals surface area (Å²) in [6.07, 6.45) is 1.01. The van der Waals surface area contributed by atoms with Crippen molar-refractivity contribution in [3.05, 3.63) is 23.8 Å². The average Bonchev–Trinajstić information content (AvgIpc) is 2.40. The van der Waals surface area contributed by atoms with Crippen molar-refractivity contribution >= 4 is 5.97 Å². The van der Waals surface area contributed by atoms with E-state index in [2.05, 4.69) is 0 Å². The largest absolute Gasteiger partial charge is 0.493 e. The van der Waals surface area contributed by atoms with E-state index in [-0.39, 0.29) is 12.4 Å². The van der Waals surface area contributed by atoms with Gasteiger partial charge in [-0.05, 0) is 37.6 Å². The Hall–Kier alpha value is -1.75. The lowest BCUT2D eigenvalue weighted by Gasteiger charge is -2.11. The van der Waals surface area contributed by atoms with Crippen molar-refractivity contribution in [2.24, 2.45) is 5.73 Å². The molecule has 1 rings (SSSR count). The molecule has 0 bridgehead atoms. The quantitative estimate of drug-likeness (QED) is 0.571. The van der Waals surface area contributed by atoms with Gasteiger partial charge in [0.15, 0.2) is 11.5 Å². The van der Waals surface area contributed by atoms with Gasteiger partial charge in [0.05, 0.1) is 26.7 Å². The summed E-state index contributed by atoms with van der Waals surface area (Å²) in [6, 6.07) is 5.41. The minimum atomic E-state index is -0.249. The highest BCUT2D eigenvalue weighted by atomic mass is 16.5. The third-order valence-corrected chi connectivity index (χ3v) is 2.49. The summed E-state index contributed by atoms with van der Waals surface area (Å²) >= 11 is 0. The molecule has 1 aromatic carbocycles. The Kier molecular flexibility index (Phi) is 6.74. The highest BCUT2D eigenvalue weighted by Crippen LogP contribution is 2.28.